The Labute approximate surface area is 104 Å². The number of hydroxylamine groups is 2. The van der Waals surface area contributed by atoms with E-state index in [1.165, 1.54) is 6.08 Å². The van der Waals surface area contributed by atoms with E-state index < -0.39 is 6.10 Å². The molecule has 0 aliphatic carbocycles. The van der Waals surface area contributed by atoms with E-state index in [1.807, 2.05) is 12.1 Å². The monoisotopic (exact) mass is 253 g/mol. The highest BCUT2D eigenvalue weighted by molar-refractivity contribution is 6.30. The van der Waals surface area contributed by atoms with Crippen molar-refractivity contribution in [3.8, 4) is 0 Å². The van der Waals surface area contributed by atoms with E-state index in [4.69, 9.17) is 16.4 Å². The standard InChI is InChI=1S/C12H12ClNO3/c13-10-3-1-2-9(6-10)4-5-12(16)14-7-11(15)8-17-14/h1-6,11,15H,7-8H2/b5-4+/t11-/m0/s1. The molecule has 1 aliphatic heterocycles. The Kier molecular flexibility index (Phi) is 3.78. The summed E-state index contributed by atoms with van der Waals surface area (Å²) in [6, 6.07) is 7.17. The van der Waals surface area contributed by atoms with Crippen molar-refractivity contribution >= 4 is 23.6 Å². The number of hydrogen-bond acceptors (Lipinski definition) is 3. The molecule has 0 bridgehead atoms. The third-order valence-corrected chi connectivity index (χ3v) is 2.55. The van der Waals surface area contributed by atoms with Crippen LogP contribution in [-0.4, -0.2) is 35.3 Å². The van der Waals surface area contributed by atoms with Gasteiger partial charge in [-0.1, -0.05) is 23.7 Å². The molecule has 1 aliphatic rings. The SMILES string of the molecule is O=C(/C=C/c1cccc(Cl)c1)N1C[C@H](O)CO1. The highest BCUT2D eigenvalue weighted by Crippen LogP contribution is 2.12. The topological polar surface area (TPSA) is 49.8 Å². The normalized spacial score (nSPS) is 20.1. The van der Waals surface area contributed by atoms with Gasteiger partial charge in [-0.05, 0) is 23.8 Å². The van der Waals surface area contributed by atoms with Crippen molar-refractivity contribution in [1.82, 2.24) is 5.06 Å². The molecule has 1 fully saturated rings. The molecule has 0 saturated carbocycles. The van der Waals surface area contributed by atoms with Crippen LogP contribution in [0, 0.1) is 0 Å². The Hall–Kier alpha value is -1.36. The summed E-state index contributed by atoms with van der Waals surface area (Å²) in [4.78, 5) is 16.6. The molecule has 1 heterocycles. The summed E-state index contributed by atoms with van der Waals surface area (Å²) < 4.78 is 0. The van der Waals surface area contributed by atoms with Crippen LogP contribution in [0.25, 0.3) is 6.08 Å². The molecule has 2 rings (SSSR count). The summed E-state index contributed by atoms with van der Waals surface area (Å²) in [5.41, 5.74) is 0.839. The Bertz CT molecular complexity index is 447. The maximum Gasteiger partial charge on any atom is 0.270 e. The summed E-state index contributed by atoms with van der Waals surface area (Å²) in [5.74, 6) is -0.290. The van der Waals surface area contributed by atoms with E-state index >= 15 is 0 Å². The molecule has 1 saturated heterocycles. The lowest BCUT2D eigenvalue weighted by atomic mass is 10.2. The van der Waals surface area contributed by atoms with E-state index in [9.17, 15) is 9.90 Å². The lowest BCUT2D eigenvalue weighted by Gasteiger charge is -2.10. The van der Waals surface area contributed by atoms with Gasteiger partial charge in [-0.3, -0.25) is 9.63 Å². The Morgan fingerprint density at radius 1 is 1.59 bits per heavy atom. The lowest BCUT2D eigenvalue weighted by molar-refractivity contribution is -0.162. The average Bonchev–Trinajstić information content (AvgIpc) is 2.73. The van der Waals surface area contributed by atoms with E-state index in [1.54, 1.807) is 18.2 Å². The van der Waals surface area contributed by atoms with Gasteiger partial charge < -0.3 is 5.11 Å². The van der Waals surface area contributed by atoms with Gasteiger partial charge in [0.1, 0.15) is 12.7 Å². The summed E-state index contributed by atoms with van der Waals surface area (Å²) in [6.07, 6.45) is 2.45. The maximum atomic E-state index is 11.6. The van der Waals surface area contributed by atoms with Crippen molar-refractivity contribution in [2.24, 2.45) is 0 Å². The van der Waals surface area contributed by atoms with Gasteiger partial charge in [0.15, 0.2) is 0 Å². The zero-order chi connectivity index (χ0) is 12.3. The molecule has 0 radical (unpaired) electrons. The van der Waals surface area contributed by atoms with Crippen LogP contribution in [0.5, 0.6) is 0 Å². The quantitative estimate of drug-likeness (QED) is 0.813. The predicted octanol–water partition coefficient (Wildman–Crippen LogP) is 1.49. The van der Waals surface area contributed by atoms with Gasteiger partial charge in [0.2, 0.25) is 0 Å². The fourth-order valence-electron chi connectivity index (χ4n) is 1.49. The van der Waals surface area contributed by atoms with Crippen LogP contribution in [-0.2, 0) is 9.63 Å². The largest absolute Gasteiger partial charge is 0.389 e. The van der Waals surface area contributed by atoms with Crippen molar-refractivity contribution in [3.63, 3.8) is 0 Å². The number of nitrogens with zero attached hydrogens (tertiary/aromatic N) is 1. The minimum atomic E-state index is -0.599. The summed E-state index contributed by atoms with van der Waals surface area (Å²) >= 11 is 5.82. The number of β-amino-alcohol motifs (C(OH)–C–C–N with tert-alkyl or cyclic N) is 1. The fourth-order valence-corrected chi connectivity index (χ4v) is 1.69. The first-order valence-corrected chi connectivity index (χ1v) is 5.59. The zero-order valence-corrected chi connectivity index (χ0v) is 9.80. The average molecular weight is 254 g/mol. The number of halogens is 1. The first-order chi connectivity index (χ1) is 8.15. The fraction of sp³-hybridized carbons (Fsp3) is 0.250. The number of rotatable bonds is 2. The van der Waals surface area contributed by atoms with Crippen LogP contribution < -0.4 is 0 Å². The molecule has 5 heteroatoms. The highest BCUT2D eigenvalue weighted by Gasteiger charge is 2.24. The second kappa shape index (κ2) is 5.31. The summed E-state index contributed by atoms with van der Waals surface area (Å²) in [6.45, 7) is 0.371. The number of aliphatic hydroxyl groups excluding tert-OH is 1. The Balaban J connectivity index is 1.98. The Morgan fingerprint density at radius 2 is 2.41 bits per heavy atom. The molecule has 0 spiro atoms. The predicted molar refractivity (Wildman–Crippen MR) is 64.2 cm³/mol. The molecule has 4 nitrogen and oxygen atoms in total. The summed E-state index contributed by atoms with van der Waals surface area (Å²) in [5, 5.41) is 11.0. The van der Waals surface area contributed by atoms with Gasteiger partial charge in [0.25, 0.3) is 5.91 Å². The molecule has 0 aromatic heterocycles. The minimum absolute atomic E-state index is 0.163. The van der Waals surface area contributed by atoms with Crippen LogP contribution in [0.1, 0.15) is 5.56 Å². The molecule has 0 unspecified atom stereocenters. The van der Waals surface area contributed by atoms with E-state index in [0.29, 0.717) is 5.02 Å². The van der Waals surface area contributed by atoms with E-state index in [0.717, 1.165) is 10.6 Å². The van der Waals surface area contributed by atoms with Gasteiger partial charge in [-0.25, -0.2) is 5.06 Å². The van der Waals surface area contributed by atoms with Gasteiger partial charge >= 0.3 is 0 Å². The van der Waals surface area contributed by atoms with Crippen molar-refractivity contribution in [1.29, 1.82) is 0 Å². The molecule has 1 amide bonds. The lowest BCUT2D eigenvalue weighted by Crippen LogP contribution is -2.26. The summed E-state index contributed by atoms with van der Waals surface area (Å²) in [7, 11) is 0. The maximum absolute atomic E-state index is 11.6. The number of amides is 1. The van der Waals surface area contributed by atoms with Gasteiger partial charge in [-0.15, -0.1) is 0 Å². The van der Waals surface area contributed by atoms with Crippen LogP contribution in [0.15, 0.2) is 30.3 Å². The third kappa shape index (κ3) is 3.30. The molecular weight excluding hydrogens is 242 g/mol. The number of carbonyl (C=O) groups excluding carboxylic acids is 1. The molecule has 90 valence electrons. The number of hydrogen-bond donors (Lipinski definition) is 1. The first-order valence-electron chi connectivity index (χ1n) is 5.21. The van der Waals surface area contributed by atoms with Gasteiger partial charge in [0, 0.05) is 11.1 Å². The van der Waals surface area contributed by atoms with Crippen LogP contribution >= 0.6 is 11.6 Å². The third-order valence-electron chi connectivity index (χ3n) is 2.31. The molecule has 17 heavy (non-hydrogen) atoms. The highest BCUT2D eigenvalue weighted by atomic mass is 35.5. The van der Waals surface area contributed by atoms with Crippen LogP contribution in [0.3, 0.4) is 0 Å². The second-order valence-electron chi connectivity index (χ2n) is 3.74. The zero-order valence-electron chi connectivity index (χ0n) is 9.04. The number of aliphatic hydroxyl groups is 1. The van der Waals surface area contributed by atoms with E-state index in [-0.39, 0.29) is 19.1 Å². The first kappa shape index (κ1) is 12.1. The Morgan fingerprint density at radius 3 is 3.06 bits per heavy atom. The van der Waals surface area contributed by atoms with Crippen molar-refractivity contribution in [2.45, 2.75) is 6.10 Å². The smallest absolute Gasteiger partial charge is 0.270 e. The van der Waals surface area contributed by atoms with E-state index in [2.05, 4.69) is 0 Å². The van der Waals surface area contributed by atoms with Crippen LogP contribution in [0.2, 0.25) is 5.02 Å². The number of carbonyl (C=O) groups is 1. The van der Waals surface area contributed by atoms with Crippen molar-refractivity contribution in [2.75, 3.05) is 13.2 Å². The molecule has 1 N–H and O–H groups in total. The van der Waals surface area contributed by atoms with Crippen molar-refractivity contribution in [3.05, 3.63) is 40.9 Å². The van der Waals surface area contributed by atoms with Crippen molar-refractivity contribution < 1.29 is 14.7 Å². The second-order valence-corrected chi connectivity index (χ2v) is 4.17. The molecule has 1 atom stereocenters. The van der Waals surface area contributed by atoms with Gasteiger partial charge in [-0.2, -0.15) is 0 Å². The number of benzene rings is 1. The minimum Gasteiger partial charge on any atom is -0.389 e. The van der Waals surface area contributed by atoms with Gasteiger partial charge in [0.05, 0.1) is 6.54 Å². The molecular formula is C12H12ClNO3. The molecule has 1 aromatic carbocycles. The van der Waals surface area contributed by atoms with Crippen LogP contribution in [0.4, 0.5) is 0 Å². The molecule has 1 aromatic rings.